The second kappa shape index (κ2) is 14.2. The SMILES string of the molecule is C=CCNC(=O)NC(=O)OCCC(CCCCN=C=O)N=C=O. The summed E-state index contributed by atoms with van der Waals surface area (Å²) in [4.78, 5) is 49.8. The maximum atomic E-state index is 11.3. The largest absolute Gasteiger partial charge is 0.449 e. The van der Waals surface area contributed by atoms with E-state index in [0.717, 1.165) is 0 Å². The number of urea groups is 1. The van der Waals surface area contributed by atoms with E-state index < -0.39 is 12.1 Å². The second-order valence-electron chi connectivity index (χ2n) is 4.39. The van der Waals surface area contributed by atoms with Gasteiger partial charge in [0.1, 0.15) is 0 Å². The molecule has 0 rings (SSSR count). The van der Waals surface area contributed by atoms with Gasteiger partial charge < -0.3 is 10.1 Å². The monoisotopic (exact) mass is 324 g/mol. The van der Waals surface area contributed by atoms with Crippen LogP contribution in [0.15, 0.2) is 22.6 Å². The average Bonchev–Trinajstić information content (AvgIpc) is 2.52. The number of unbranched alkanes of at least 4 members (excludes halogenated alkanes) is 1. The summed E-state index contributed by atoms with van der Waals surface area (Å²) in [5, 5.41) is 4.32. The van der Waals surface area contributed by atoms with Crippen LogP contribution >= 0.6 is 0 Å². The van der Waals surface area contributed by atoms with Crippen molar-refractivity contribution in [3.05, 3.63) is 12.7 Å². The van der Waals surface area contributed by atoms with Crippen LogP contribution < -0.4 is 10.6 Å². The third-order valence-corrected chi connectivity index (χ3v) is 2.66. The molecule has 0 saturated carbocycles. The molecule has 1 unspecified atom stereocenters. The van der Waals surface area contributed by atoms with Crippen molar-refractivity contribution >= 4 is 24.3 Å². The normalized spacial score (nSPS) is 10.4. The fraction of sp³-hybridized carbons (Fsp3) is 0.571. The van der Waals surface area contributed by atoms with Crippen molar-refractivity contribution in [1.82, 2.24) is 10.6 Å². The predicted molar refractivity (Wildman–Crippen MR) is 81.4 cm³/mol. The molecule has 0 aliphatic heterocycles. The Bertz CT molecular complexity index is 482. The molecule has 0 saturated heterocycles. The van der Waals surface area contributed by atoms with Crippen LogP contribution in [0.25, 0.3) is 0 Å². The van der Waals surface area contributed by atoms with E-state index in [1.807, 2.05) is 5.32 Å². The van der Waals surface area contributed by atoms with E-state index in [9.17, 15) is 19.2 Å². The number of carbonyl (C=O) groups excluding carboxylic acids is 4. The van der Waals surface area contributed by atoms with Gasteiger partial charge in [-0.25, -0.2) is 34.5 Å². The number of imide groups is 1. The first-order chi connectivity index (χ1) is 11.1. The molecule has 0 heterocycles. The fourth-order valence-electron chi connectivity index (χ4n) is 1.59. The van der Waals surface area contributed by atoms with Crippen molar-refractivity contribution in [3.63, 3.8) is 0 Å². The van der Waals surface area contributed by atoms with Gasteiger partial charge in [-0.1, -0.05) is 6.08 Å². The number of nitrogens with zero attached hydrogens (tertiary/aromatic N) is 2. The molecule has 0 aliphatic rings. The smallest absolute Gasteiger partial charge is 0.415 e. The minimum absolute atomic E-state index is 0.00289. The Labute approximate surface area is 133 Å². The molecule has 9 heteroatoms. The Morgan fingerprint density at radius 3 is 2.65 bits per heavy atom. The van der Waals surface area contributed by atoms with Gasteiger partial charge in [-0.3, -0.25) is 0 Å². The Kier molecular flexibility index (Phi) is 12.5. The number of hydrogen-bond donors (Lipinski definition) is 2. The van der Waals surface area contributed by atoms with Gasteiger partial charge in [0.25, 0.3) is 0 Å². The fourth-order valence-corrected chi connectivity index (χ4v) is 1.59. The summed E-state index contributed by atoms with van der Waals surface area (Å²) >= 11 is 0. The Morgan fingerprint density at radius 2 is 2.00 bits per heavy atom. The highest BCUT2D eigenvalue weighted by molar-refractivity contribution is 5.90. The van der Waals surface area contributed by atoms with E-state index in [0.29, 0.717) is 32.2 Å². The van der Waals surface area contributed by atoms with Crippen LogP contribution in [0.4, 0.5) is 9.59 Å². The maximum Gasteiger partial charge on any atom is 0.415 e. The van der Waals surface area contributed by atoms with Crippen molar-refractivity contribution in [2.45, 2.75) is 31.7 Å². The number of hydrogen-bond acceptors (Lipinski definition) is 7. The van der Waals surface area contributed by atoms with Crippen LogP contribution in [0.3, 0.4) is 0 Å². The second-order valence-corrected chi connectivity index (χ2v) is 4.39. The van der Waals surface area contributed by atoms with Crippen LogP contribution in [0.5, 0.6) is 0 Å². The molecule has 23 heavy (non-hydrogen) atoms. The lowest BCUT2D eigenvalue weighted by Crippen LogP contribution is -2.39. The Hall–Kier alpha value is -2.76. The number of nitrogens with one attached hydrogen (secondary N) is 2. The maximum absolute atomic E-state index is 11.3. The van der Waals surface area contributed by atoms with Gasteiger partial charge >= 0.3 is 12.1 Å². The van der Waals surface area contributed by atoms with Gasteiger partial charge in [-0.05, 0) is 19.3 Å². The van der Waals surface area contributed by atoms with Gasteiger partial charge in [0.05, 0.1) is 19.2 Å². The molecule has 0 radical (unpaired) electrons. The van der Waals surface area contributed by atoms with Crippen LogP contribution in [-0.2, 0) is 14.3 Å². The topological polar surface area (TPSA) is 126 Å². The molecule has 3 amide bonds. The summed E-state index contributed by atoms with van der Waals surface area (Å²) in [6.07, 6.45) is 5.78. The summed E-state index contributed by atoms with van der Waals surface area (Å²) < 4.78 is 4.82. The minimum Gasteiger partial charge on any atom is -0.449 e. The lowest BCUT2D eigenvalue weighted by molar-refractivity contribution is 0.143. The van der Waals surface area contributed by atoms with Crippen molar-refractivity contribution in [2.24, 2.45) is 9.98 Å². The molecule has 0 aromatic heterocycles. The van der Waals surface area contributed by atoms with Crippen molar-refractivity contribution in [2.75, 3.05) is 19.7 Å². The van der Waals surface area contributed by atoms with Gasteiger partial charge in [-0.2, -0.15) is 0 Å². The van der Waals surface area contributed by atoms with E-state index >= 15 is 0 Å². The molecule has 9 nitrogen and oxygen atoms in total. The molecular formula is C14H20N4O5. The third kappa shape index (κ3) is 12.7. The first-order valence-corrected chi connectivity index (χ1v) is 7.07. The van der Waals surface area contributed by atoms with Crippen LogP contribution in [-0.4, -0.2) is 50.0 Å². The highest BCUT2D eigenvalue weighted by Gasteiger charge is 2.11. The first-order valence-electron chi connectivity index (χ1n) is 7.07. The number of amides is 3. The summed E-state index contributed by atoms with van der Waals surface area (Å²) in [6.45, 7) is 4.02. The highest BCUT2D eigenvalue weighted by atomic mass is 16.5. The first kappa shape index (κ1) is 20.2. The average molecular weight is 324 g/mol. The number of carbonyl (C=O) groups is 2. The van der Waals surface area contributed by atoms with Gasteiger partial charge in [0, 0.05) is 13.0 Å². The van der Waals surface area contributed by atoms with Crippen LogP contribution in [0.1, 0.15) is 25.7 Å². The van der Waals surface area contributed by atoms with Gasteiger partial charge in [0.15, 0.2) is 0 Å². The molecule has 0 aliphatic carbocycles. The van der Waals surface area contributed by atoms with Crippen molar-refractivity contribution in [3.8, 4) is 0 Å². The van der Waals surface area contributed by atoms with E-state index in [1.165, 1.54) is 18.2 Å². The number of ether oxygens (including phenoxy) is 1. The molecule has 1 atom stereocenters. The van der Waals surface area contributed by atoms with Gasteiger partial charge in [0.2, 0.25) is 12.2 Å². The number of isocyanates is 2. The number of rotatable bonds is 11. The summed E-state index contributed by atoms with van der Waals surface area (Å²) in [5.74, 6) is 0. The summed E-state index contributed by atoms with van der Waals surface area (Å²) in [6, 6.07) is -1.02. The molecule has 0 bridgehead atoms. The lowest BCUT2D eigenvalue weighted by atomic mass is 10.1. The lowest BCUT2D eigenvalue weighted by Gasteiger charge is -2.11. The van der Waals surface area contributed by atoms with Crippen molar-refractivity contribution in [1.29, 1.82) is 0 Å². The van der Waals surface area contributed by atoms with Crippen LogP contribution in [0, 0.1) is 0 Å². The highest BCUT2D eigenvalue weighted by Crippen LogP contribution is 2.08. The molecular weight excluding hydrogens is 304 g/mol. The van der Waals surface area contributed by atoms with Crippen molar-refractivity contribution < 1.29 is 23.9 Å². The zero-order valence-corrected chi connectivity index (χ0v) is 12.7. The van der Waals surface area contributed by atoms with Crippen LogP contribution in [0.2, 0.25) is 0 Å². The molecule has 0 fully saturated rings. The standard InChI is InChI=1S/C14H20N4O5/c1-2-7-16-13(21)18-14(22)23-9-6-12(17-11-20)5-3-4-8-15-10-19/h2,12H,1,3-9H2,(H2,16,18,21,22). The Morgan fingerprint density at radius 1 is 1.22 bits per heavy atom. The zero-order valence-electron chi connectivity index (χ0n) is 12.7. The number of alkyl carbamates (subject to hydrolysis) is 1. The third-order valence-electron chi connectivity index (χ3n) is 2.66. The quantitative estimate of drug-likeness (QED) is 0.256. The molecule has 2 N–H and O–H groups in total. The molecule has 0 aromatic rings. The van der Waals surface area contributed by atoms with Gasteiger partial charge in [-0.15, -0.1) is 6.58 Å². The zero-order chi connectivity index (χ0) is 17.3. The van der Waals surface area contributed by atoms with E-state index in [-0.39, 0.29) is 19.2 Å². The van der Waals surface area contributed by atoms with E-state index in [1.54, 1.807) is 0 Å². The predicted octanol–water partition coefficient (Wildman–Crippen LogP) is 1.21. The van der Waals surface area contributed by atoms with E-state index in [2.05, 4.69) is 21.9 Å². The number of aliphatic imine (C=N–C) groups is 2. The molecule has 126 valence electrons. The molecule has 0 spiro atoms. The Balaban J connectivity index is 3.95. The minimum atomic E-state index is -0.888. The summed E-state index contributed by atoms with van der Waals surface area (Å²) in [7, 11) is 0. The van der Waals surface area contributed by atoms with E-state index in [4.69, 9.17) is 4.74 Å². The molecule has 0 aromatic carbocycles. The summed E-state index contributed by atoms with van der Waals surface area (Å²) in [5.41, 5.74) is 0.